The average Bonchev–Trinajstić information content (AvgIpc) is 2.72. The highest BCUT2D eigenvalue weighted by atomic mass is 16.5. The molecule has 0 aliphatic heterocycles. The Morgan fingerprint density at radius 1 is 0.667 bits per heavy atom. The van der Waals surface area contributed by atoms with E-state index >= 15 is 0 Å². The van der Waals surface area contributed by atoms with Crippen molar-refractivity contribution in [3.63, 3.8) is 0 Å². The van der Waals surface area contributed by atoms with Crippen LogP contribution in [0.25, 0.3) is 0 Å². The monoisotopic (exact) mass is 411 g/mol. The molecule has 0 atom stereocenters. The number of hydrogen-bond acceptors (Lipinski definition) is 3. The first-order valence-electron chi connectivity index (χ1n) is 11.4. The molecule has 0 saturated heterocycles. The maximum atomic E-state index is 6.29. The molecule has 0 amide bonds. The summed E-state index contributed by atoms with van der Waals surface area (Å²) in [6.07, 6.45) is 2.95. The van der Waals surface area contributed by atoms with Gasteiger partial charge >= 0.3 is 0 Å². The zero-order valence-electron chi connectivity index (χ0n) is 19.7. The molecule has 0 N–H and O–H groups in total. The maximum Gasteiger partial charge on any atom is 0.0648 e. The van der Waals surface area contributed by atoms with Gasteiger partial charge in [-0.05, 0) is 58.1 Å². The quantitative estimate of drug-likeness (QED) is 0.356. The lowest BCUT2D eigenvalue weighted by Gasteiger charge is -2.32. The lowest BCUT2D eigenvalue weighted by Crippen LogP contribution is -2.34. The SMILES string of the molecule is CCCOC(C)(C)CCOC(C)(C)CCN(Cc1ccccc1)Cc1ccccc1. The first-order valence-corrected chi connectivity index (χ1v) is 11.4. The Morgan fingerprint density at radius 2 is 1.13 bits per heavy atom. The third-order valence-electron chi connectivity index (χ3n) is 5.42. The molecule has 0 radical (unpaired) electrons. The third-order valence-corrected chi connectivity index (χ3v) is 5.42. The van der Waals surface area contributed by atoms with Crippen LogP contribution < -0.4 is 0 Å². The lowest BCUT2D eigenvalue weighted by molar-refractivity contribution is -0.0763. The van der Waals surface area contributed by atoms with E-state index in [4.69, 9.17) is 9.47 Å². The highest BCUT2D eigenvalue weighted by Crippen LogP contribution is 2.21. The Morgan fingerprint density at radius 3 is 1.63 bits per heavy atom. The van der Waals surface area contributed by atoms with Gasteiger partial charge in [0.2, 0.25) is 0 Å². The Hall–Kier alpha value is -1.68. The van der Waals surface area contributed by atoms with Crippen LogP contribution in [0.15, 0.2) is 60.7 Å². The Labute approximate surface area is 184 Å². The van der Waals surface area contributed by atoms with Gasteiger partial charge in [0.05, 0.1) is 17.8 Å². The lowest BCUT2D eigenvalue weighted by atomic mass is 10.0. The van der Waals surface area contributed by atoms with Crippen molar-refractivity contribution in [2.24, 2.45) is 0 Å². The van der Waals surface area contributed by atoms with E-state index in [1.165, 1.54) is 11.1 Å². The summed E-state index contributed by atoms with van der Waals surface area (Å²) in [5.41, 5.74) is 2.41. The molecule has 0 spiro atoms. The molecule has 0 fully saturated rings. The molecule has 2 aromatic carbocycles. The molecular formula is C27H41NO2. The van der Waals surface area contributed by atoms with Crippen molar-refractivity contribution in [3.05, 3.63) is 71.8 Å². The zero-order valence-corrected chi connectivity index (χ0v) is 19.7. The molecule has 166 valence electrons. The predicted octanol–water partition coefficient (Wildman–Crippen LogP) is 6.47. The van der Waals surface area contributed by atoms with Crippen molar-refractivity contribution in [3.8, 4) is 0 Å². The summed E-state index contributed by atoms with van der Waals surface area (Å²) in [7, 11) is 0. The highest BCUT2D eigenvalue weighted by molar-refractivity contribution is 5.17. The highest BCUT2D eigenvalue weighted by Gasteiger charge is 2.23. The fourth-order valence-electron chi connectivity index (χ4n) is 3.42. The smallest absolute Gasteiger partial charge is 0.0648 e. The number of nitrogens with zero attached hydrogens (tertiary/aromatic N) is 1. The van der Waals surface area contributed by atoms with E-state index in [1.54, 1.807) is 0 Å². The predicted molar refractivity (Wildman–Crippen MR) is 127 cm³/mol. The van der Waals surface area contributed by atoms with Crippen LogP contribution in [0.4, 0.5) is 0 Å². The van der Waals surface area contributed by atoms with Crippen molar-refractivity contribution in [2.45, 2.75) is 78.2 Å². The molecule has 3 heteroatoms. The molecule has 0 aromatic heterocycles. The summed E-state index contributed by atoms with van der Waals surface area (Å²) in [4.78, 5) is 2.52. The topological polar surface area (TPSA) is 21.7 Å². The van der Waals surface area contributed by atoms with Crippen LogP contribution in [0.2, 0.25) is 0 Å². The largest absolute Gasteiger partial charge is 0.375 e. The van der Waals surface area contributed by atoms with Crippen molar-refractivity contribution in [1.29, 1.82) is 0 Å². The standard InChI is InChI=1S/C27H41NO2/c1-6-20-29-27(4,5)18-21-30-26(2,3)17-19-28(22-24-13-9-7-10-14-24)23-25-15-11-8-12-16-25/h7-16H,6,17-23H2,1-5H3. The Balaban J connectivity index is 1.89. The molecule has 30 heavy (non-hydrogen) atoms. The molecule has 2 aromatic rings. The van der Waals surface area contributed by atoms with Crippen LogP contribution in [0.5, 0.6) is 0 Å². The van der Waals surface area contributed by atoms with Gasteiger partial charge in [0.15, 0.2) is 0 Å². The molecule has 0 bridgehead atoms. The van der Waals surface area contributed by atoms with Gasteiger partial charge in [-0.25, -0.2) is 0 Å². The summed E-state index contributed by atoms with van der Waals surface area (Å²) < 4.78 is 12.2. The molecule has 2 rings (SSSR count). The summed E-state index contributed by atoms with van der Waals surface area (Å²) in [5, 5.41) is 0. The van der Waals surface area contributed by atoms with Gasteiger partial charge in [-0.15, -0.1) is 0 Å². The van der Waals surface area contributed by atoms with E-state index in [1.807, 2.05) is 0 Å². The third kappa shape index (κ3) is 9.88. The summed E-state index contributed by atoms with van der Waals surface area (Å²) >= 11 is 0. The minimum Gasteiger partial charge on any atom is -0.375 e. The summed E-state index contributed by atoms with van der Waals surface area (Å²) in [6, 6.07) is 21.4. The van der Waals surface area contributed by atoms with E-state index in [9.17, 15) is 0 Å². The van der Waals surface area contributed by atoms with E-state index in [0.717, 1.165) is 52.1 Å². The fourth-order valence-corrected chi connectivity index (χ4v) is 3.42. The number of rotatable bonds is 14. The molecule has 0 unspecified atom stereocenters. The second-order valence-corrected chi connectivity index (χ2v) is 9.40. The van der Waals surface area contributed by atoms with Crippen molar-refractivity contribution in [1.82, 2.24) is 4.90 Å². The second-order valence-electron chi connectivity index (χ2n) is 9.40. The van der Waals surface area contributed by atoms with Crippen LogP contribution >= 0.6 is 0 Å². The van der Waals surface area contributed by atoms with Gasteiger partial charge in [0, 0.05) is 26.2 Å². The Bertz CT molecular complexity index is 656. The average molecular weight is 412 g/mol. The molecule has 0 saturated carbocycles. The second kappa shape index (κ2) is 12.2. The van der Waals surface area contributed by atoms with Gasteiger partial charge < -0.3 is 9.47 Å². The minimum atomic E-state index is -0.160. The van der Waals surface area contributed by atoms with E-state index < -0.39 is 0 Å². The minimum absolute atomic E-state index is 0.126. The van der Waals surface area contributed by atoms with Crippen LogP contribution in [-0.4, -0.2) is 35.9 Å². The number of benzene rings is 2. The fraction of sp³-hybridized carbons (Fsp3) is 0.556. The Kier molecular flexibility index (Phi) is 10.0. The van der Waals surface area contributed by atoms with Crippen LogP contribution in [-0.2, 0) is 22.6 Å². The number of ether oxygens (including phenoxy) is 2. The molecule has 0 aliphatic carbocycles. The van der Waals surface area contributed by atoms with Crippen molar-refractivity contribution >= 4 is 0 Å². The summed E-state index contributed by atoms with van der Waals surface area (Å²) in [6.45, 7) is 15.3. The molecule has 3 nitrogen and oxygen atoms in total. The molecular weight excluding hydrogens is 370 g/mol. The molecule has 0 heterocycles. The molecule has 0 aliphatic rings. The zero-order chi connectivity index (χ0) is 21.9. The number of hydrogen-bond donors (Lipinski definition) is 0. The van der Waals surface area contributed by atoms with Crippen LogP contribution in [0, 0.1) is 0 Å². The van der Waals surface area contributed by atoms with Crippen molar-refractivity contribution < 1.29 is 9.47 Å². The van der Waals surface area contributed by atoms with Gasteiger partial charge in [-0.3, -0.25) is 4.90 Å². The van der Waals surface area contributed by atoms with E-state index in [-0.39, 0.29) is 11.2 Å². The first-order chi connectivity index (χ1) is 14.3. The van der Waals surface area contributed by atoms with Gasteiger partial charge in [-0.1, -0.05) is 67.6 Å². The van der Waals surface area contributed by atoms with E-state index in [2.05, 4.69) is 100 Å². The first kappa shape index (κ1) is 24.6. The van der Waals surface area contributed by atoms with Crippen LogP contribution in [0.3, 0.4) is 0 Å². The van der Waals surface area contributed by atoms with Gasteiger partial charge in [0.25, 0.3) is 0 Å². The van der Waals surface area contributed by atoms with E-state index in [0.29, 0.717) is 0 Å². The van der Waals surface area contributed by atoms with Crippen molar-refractivity contribution in [2.75, 3.05) is 19.8 Å². The maximum absolute atomic E-state index is 6.29. The summed E-state index contributed by atoms with van der Waals surface area (Å²) in [5.74, 6) is 0. The van der Waals surface area contributed by atoms with Gasteiger partial charge in [0.1, 0.15) is 0 Å². The van der Waals surface area contributed by atoms with Gasteiger partial charge in [-0.2, -0.15) is 0 Å². The normalized spacial score (nSPS) is 12.5. The van der Waals surface area contributed by atoms with Crippen LogP contribution in [0.1, 0.15) is 65.0 Å².